The van der Waals surface area contributed by atoms with Gasteiger partial charge in [0.2, 0.25) is 0 Å². The van der Waals surface area contributed by atoms with Gasteiger partial charge in [-0.05, 0) is 55.5 Å². The molecule has 0 aliphatic heterocycles. The summed E-state index contributed by atoms with van der Waals surface area (Å²) in [6, 6.07) is 17.4. The van der Waals surface area contributed by atoms with E-state index >= 15 is 0 Å². The Morgan fingerprint density at radius 3 is 2.32 bits per heavy atom. The number of methoxy groups -OCH3 is 1. The highest BCUT2D eigenvalue weighted by Crippen LogP contribution is 2.17. The number of rotatable bonds is 6. The highest BCUT2D eigenvalue weighted by Gasteiger charge is 2.05. The molecule has 4 nitrogen and oxygen atoms in total. The summed E-state index contributed by atoms with van der Waals surface area (Å²) in [7, 11) is 1.64. The Balaban J connectivity index is 1.74. The number of hydrogen-bond donors (Lipinski definition) is 2. The molecular weight excluding hydrogens is 296 g/mol. The Morgan fingerprint density at radius 2 is 1.68 bits per heavy atom. The summed E-state index contributed by atoms with van der Waals surface area (Å²) >= 11 is 5.28. The summed E-state index contributed by atoms with van der Waals surface area (Å²) in [5, 5.41) is 6.91. The highest BCUT2D eigenvalue weighted by atomic mass is 32.1. The van der Waals surface area contributed by atoms with E-state index < -0.39 is 0 Å². The van der Waals surface area contributed by atoms with Crippen LogP contribution in [0.15, 0.2) is 54.6 Å². The van der Waals surface area contributed by atoms with Gasteiger partial charge in [0, 0.05) is 5.69 Å². The Kier molecular flexibility index (Phi) is 6.03. The number of thiocarbonyl (C=S) groups is 1. The molecule has 0 amide bonds. The molecule has 2 aromatic carbocycles. The maximum Gasteiger partial charge on any atom is 0.171 e. The summed E-state index contributed by atoms with van der Waals surface area (Å²) in [5.74, 6) is 1.61. The van der Waals surface area contributed by atoms with Crippen LogP contribution < -0.4 is 20.1 Å². The quantitative estimate of drug-likeness (QED) is 0.799. The van der Waals surface area contributed by atoms with Crippen molar-refractivity contribution in [2.24, 2.45) is 0 Å². The minimum absolute atomic E-state index is 0.0887. The van der Waals surface area contributed by atoms with Gasteiger partial charge >= 0.3 is 0 Å². The maximum absolute atomic E-state index is 5.71. The SMILES string of the molecule is COc1ccc(OC[C@@H](C)NC(=S)Nc2ccccc2)cc1. The predicted octanol–water partition coefficient (Wildman–Crippen LogP) is 3.45. The molecule has 0 aliphatic rings. The Morgan fingerprint density at radius 1 is 1.05 bits per heavy atom. The van der Waals surface area contributed by atoms with Gasteiger partial charge in [-0.25, -0.2) is 0 Å². The Hall–Kier alpha value is -2.27. The average Bonchev–Trinajstić information content (AvgIpc) is 2.54. The molecule has 0 heterocycles. The molecule has 1 atom stereocenters. The first-order valence-electron chi connectivity index (χ1n) is 7.07. The second-order valence-corrected chi connectivity index (χ2v) is 5.26. The lowest BCUT2D eigenvalue weighted by atomic mass is 10.3. The summed E-state index contributed by atoms with van der Waals surface area (Å²) in [6.07, 6.45) is 0. The van der Waals surface area contributed by atoms with Crippen LogP contribution in [-0.4, -0.2) is 24.9 Å². The molecule has 0 unspecified atom stereocenters. The highest BCUT2D eigenvalue weighted by molar-refractivity contribution is 7.80. The van der Waals surface area contributed by atoms with Crippen molar-refractivity contribution >= 4 is 23.0 Å². The molecule has 0 bridgehead atoms. The number of benzene rings is 2. The molecule has 0 fully saturated rings. The molecule has 5 heteroatoms. The topological polar surface area (TPSA) is 42.5 Å². The molecule has 0 aromatic heterocycles. The molecule has 22 heavy (non-hydrogen) atoms. The first kappa shape index (κ1) is 16.1. The lowest BCUT2D eigenvalue weighted by Crippen LogP contribution is -2.39. The van der Waals surface area contributed by atoms with Crippen molar-refractivity contribution in [2.75, 3.05) is 19.0 Å². The van der Waals surface area contributed by atoms with Crippen LogP contribution in [0.2, 0.25) is 0 Å². The summed E-state index contributed by atoms with van der Waals surface area (Å²) in [6.45, 7) is 2.53. The molecule has 0 saturated carbocycles. The van der Waals surface area contributed by atoms with Gasteiger partial charge in [0.1, 0.15) is 18.1 Å². The average molecular weight is 316 g/mol. The van der Waals surface area contributed by atoms with Gasteiger partial charge in [0.15, 0.2) is 5.11 Å². The van der Waals surface area contributed by atoms with Gasteiger partial charge in [0.25, 0.3) is 0 Å². The molecule has 0 aliphatic carbocycles. The zero-order chi connectivity index (χ0) is 15.8. The van der Waals surface area contributed by atoms with Crippen molar-refractivity contribution in [2.45, 2.75) is 13.0 Å². The molecular formula is C17H20N2O2S. The van der Waals surface area contributed by atoms with Crippen molar-refractivity contribution < 1.29 is 9.47 Å². The second kappa shape index (κ2) is 8.24. The van der Waals surface area contributed by atoms with Gasteiger partial charge in [-0.1, -0.05) is 18.2 Å². The summed E-state index contributed by atoms with van der Waals surface area (Å²) in [5.41, 5.74) is 0.961. The van der Waals surface area contributed by atoms with E-state index in [1.165, 1.54) is 0 Å². The molecule has 116 valence electrons. The standard InChI is InChI=1S/C17H20N2O2S/c1-13(12-21-16-10-8-15(20-2)9-11-16)18-17(22)19-14-6-4-3-5-7-14/h3-11,13H,12H2,1-2H3,(H2,18,19,22)/t13-/m1/s1. The molecule has 2 N–H and O–H groups in total. The van der Waals surface area contributed by atoms with Crippen LogP contribution in [0.5, 0.6) is 11.5 Å². The minimum Gasteiger partial charge on any atom is -0.497 e. The van der Waals surface area contributed by atoms with Crippen molar-refractivity contribution in [1.82, 2.24) is 5.32 Å². The van der Waals surface area contributed by atoms with Crippen LogP contribution in [0.1, 0.15) is 6.92 Å². The minimum atomic E-state index is 0.0887. The fourth-order valence-electron chi connectivity index (χ4n) is 1.85. The Labute approximate surface area is 136 Å². The number of nitrogens with one attached hydrogen (secondary N) is 2. The lowest BCUT2D eigenvalue weighted by molar-refractivity contribution is 0.286. The Bertz CT molecular complexity index is 587. The van der Waals surface area contributed by atoms with Gasteiger partial charge in [0.05, 0.1) is 13.2 Å². The van der Waals surface area contributed by atoms with Gasteiger partial charge in [-0.15, -0.1) is 0 Å². The van der Waals surface area contributed by atoms with Crippen molar-refractivity contribution in [1.29, 1.82) is 0 Å². The first-order valence-corrected chi connectivity index (χ1v) is 7.47. The number of hydrogen-bond acceptors (Lipinski definition) is 3. The van der Waals surface area contributed by atoms with E-state index in [0.717, 1.165) is 17.2 Å². The molecule has 2 aromatic rings. The van der Waals surface area contributed by atoms with Crippen molar-refractivity contribution in [3.05, 3.63) is 54.6 Å². The number of para-hydroxylation sites is 1. The molecule has 0 spiro atoms. The van der Waals surface area contributed by atoms with Gasteiger partial charge < -0.3 is 20.1 Å². The lowest BCUT2D eigenvalue weighted by Gasteiger charge is -2.17. The largest absolute Gasteiger partial charge is 0.497 e. The van der Waals surface area contributed by atoms with Crippen LogP contribution in [0.25, 0.3) is 0 Å². The fourth-order valence-corrected chi connectivity index (χ4v) is 2.17. The van der Waals surface area contributed by atoms with Crippen LogP contribution in [-0.2, 0) is 0 Å². The summed E-state index contributed by atoms with van der Waals surface area (Å²) in [4.78, 5) is 0. The third-order valence-electron chi connectivity index (χ3n) is 2.97. The van der Waals surface area contributed by atoms with Crippen LogP contribution in [0.4, 0.5) is 5.69 Å². The van der Waals surface area contributed by atoms with Crippen molar-refractivity contribution in [3.8, 4) is 11.5 Å². The van der Waals surface area contributed by atoms with E-state index in [9.17, 15) is 0 Å². The maximum atomic E-state index is 5.71. The van der Waals surface area contributed by atoms with Crippen LogP contribution >= 0.6 is 12.2 Å². The molecule has 0 saturated heterocycles. The van der Waals surface area contributed by atoms with Gasteiger partial charge in [-0.2, -0.15) is 0 Å². The zero-order valence-corrected chi connectivity index (χ0v) is 13.5. The monoisotopic (exact) mass is 316 g/mol. The molecule has 0 radical (unpaired) electrons. The number of ether oxygens (including phenoxy) is 2. The van der Waals surface area contributed by atoms with E-state index in [0.29, 0.717) is 11.7 Å². The molecule has 2 rings (SSSR count). The number of anilines is 1. The predicted molar refractivity (Wildman–Crippen MR) is 93.7 cm³/mol. The van der Waals surface area contributed by atoms with E-state index in [4.69, 9.17) is 21.7 Å². The van der Waals surface area contributed by atoms with E-state index in [2.05, 4.69) is 10.6 Å². The normalized spacial score (nSPS) is 11.4. The third-order valence-corrected chi connectivity index (χ3v) is 3.19. The third kappa shape index (κ3) is 5.26. The van der Waals surface area contributed by atoms with Crippen LogP contribution in [0, 0.1) is 0 Å². The smallest absolute Gasteiger partial charge is 0.171 e. The van der Waals surface area contributed by atoms with E-state index in [-0.39, 0.29) is 6.04 Å². The van der Waals surface area contributed by atoms with Gasteiger partial charge in [-0.3, -0.25) is 0 Å². The summed E-state index contributed by atoms with van der Waals surface area (Å²) < 4.78 is 10.8. The van der Waals surface area contributed by atoms with Crippen LogP contribution in [0.3, 0.4) is 0 Å². The first-order chi connectivity index (χ1) is 10.7. The van der Waals surface area contributed by atoms with E-state index in [1.54, 1.807) is 7.11 Å². The second-order valence-electron chi connectivity index (χ2n) is 4.85. The van der Waals surface area contributed by atoms with Crippen molar-refractivity contribution in [3.63, 3.8) is 0 Å². The fraction of sp³-hybridized carbons (Fsp3) is 0.235. The van der Waals surface area contributed by atoms with E-state index in [1.807, 2.05) is 61.5 Å². The zero-order valence-electron chi connectivity index (χ0n) is 12.7.